The van der Waals surface area contributed by atoms with E-state index in [0.29, 0.717) is 10.8 Å². The van der Waals surface area contributed by atoms with Crippen LogP contribution in [0.25, 0.3) is 11.3 Å². The first kappa shape index (κ1) is 17.9. The van der Waals surface area contributed by atoms with Crippen molar-refractivity contribution in [2.24, 2.45) is 0 Å². The molecule has 6 nitrogen and oxygen atoms in total. The Morgan fingerprint density at radius 3 is 2.78 bits per heavy atom. The van der Waals surface area contributed by atoms with E-state index < -0.39 is 0 Å². The summed E-state index contributed by atoms with van der Waals surface area (Å²) in [5.74, 6) is -0.299. The number of carbonyl (C=O) groups excluding carboxylic acids is 1. The number of aromatic nitrogens is 3. The van der Waals surface area contributed by atoms with Crippen molar-refractivity contribution in [3.63, 3.8) is 0 Å². The molecule has 3 aromatic rings. The Kier molecular flexibility index (Phi) is 5.09. The van der Waals surface area contributed by atoms with Gasteiger partial charge < -0.3 is 5.32 Å². The van der Waals surface area contributed by atoms with Gasteiger partial charge in [0, 0.05) is 21.4 Å². The molecule has 0 atom stereocenters. The largest absolute Gasteiger partial charge is 0.300 e. The molecule has 0 radical (unpaired) electrons. The molecule has 1 aromatic carbocycles. The second-order valence-electron chi connectivity index (χ2n) is 6.23. The van der Waals surface area contributed by atoms with Gasteiger partial charge in [-0.05, 0) is 43.7 Å². The lowest BCUT2D eigenvalue weighted by Gasteiger charge is -2.07. The van der Waals surface area contributed by atoms with Gasteiger partial charge in [-0.3, -0.25) is 9.59 Å². The van der Waals surface area contributed by atoms with Crippen LogP contribution >= 0.6 is 23.1 Å². The normalized spacial score (nSPS) is 12.8. The summed E-state index contributed by atoms with van der Waals surface area (Å²) >= 11 is 3.18. The molecule has 138 valence electrons. The number of carbonyl (C=O) groups is 1. The zero-order valence-electron chi connectivity index (χ0n) is 14.8. The number of benzene rings is 1. The van der Waals surface area contributed by atoms with Crippen LogP contribution in [0.3, 0.4) is 0 Å². The van der Waals surface area contributed by atoms with Crippen molar-refractivity contribution in [3.8, 4) is 11.3 Å². The van der Waals surface area contributed by atoms with Crippen LogP contribution in [0.5, 0.6) is 0 Å². The molecular weight excluding hydrogens is 380 g/mol. The molecule has 27 heavy (non-hydrogen) atoms. The summed E-state index contributed by atoms with van der Waals surface area (Å²) in [6.45, 7) is -0.139. The first-order chi connectivity index (χ1) is 13.1. The smallest absolute Gasteiger partial charge is 0.267 e. The molecule has 0 aliphatic heterocycles. The molecule has 0 saturated heterocycles. The van der Waals surface area contributed by atoms with Crippen molar-refractivity contribution >= 4 is 34.1 Å². The SMILES string of the molecule is CSc1ccc(-c2ccc(=O)n(CC(=O)Nc3nc4c(s3)CCC4)n2)cc1. The van der Waals surface area contributed by atoms with E-state index in [0.717, 1.165) is 35.4 Å². The average Bonchev–Trinajstić information content (AvgIpc) is 3.25. The van der Waals surface area contributed by atoms with E-state index in [1.807, 2.05) is 30.5 Å². The highest BCUT2D eigenvalue weighted by Crippen LogP contribution is 2.30. The van der Waals surface area contributed by atoms with Gasteiger partial charge in [0.2, 0.25) is 5.91 Å². The number of fused-ring (bicyclic) bond motifs is 1. The van der Waals surface area contributed by atoms with E-state index in [1.54, 1.807) is 17.8 Å². The Labute approximate surface area is 164 Å². The maximum Gasteiger partial charge on any atom is 0.267 e. The number of thiazole rings is 1. The third-order valence-electron chi connectivity index (χ3n) is 4.39. The van der Waals surface area contributed by atoms with E-state index in [9.17, 15) is 9.59 Å². The molecule has 0 fully saturated rings. The van der Waals surface area contributed by atoms with E-state index in [2.05, 4.69) is 15.4 Å². The molecule has 0 bridgehead atoms. The predicted molar refractivity (Wildman–Crippen MR) is 108 cm³/mol. The van der Waals surface area contributed by atoms with Crippen molar-refractivity contribution in [3.05, 3.63) is 57.3 Å². The number of amides is 1. The van der Waals surface area contributed by atoms with Crippen molar-refractivity contribution in [2.75, 3.05) is 11.6 Å². The number of nitrogens with zero attached hydrogens (tertiary/aromatic N) is 3. The van der Waals surface area contributed by atoms with Gasteiger partial charge in [-0.15, -0.1) is 23.1 Å². The lowest BCUT2D eigenvalue weighted by molar-refractivity contribution is -0.117. The fraction of sp³-hybridized carbons (Fsp3) is 0.263. The standard InChI is InChI=1S/C19H18N4O2S2/c1-26-13-7-5-12(6-8-13)14-9-10-18(25)23(22-14)11-17(24)21-19-20-15-3-2-4-16(15)27-19/h5-10H,2-4,11H2,1H3,(H,20,21,24). The number of nitrogens with one attached hydrogen (secondary N) is 1. The number of aryl methyl sites for hydroxylation is 2. The second kappa shape index (κ2) is 7.66. The zero-order chi connectivity index (χ0) is 18.8. The lowest BCUT2D eigenvalue weighted by Crippen LogP contribution is -2.29. The first-order valence-corrected chi connectivity index (χ1v) is 10.7. The summed E-state index contributed by atoms with van der Waals surface area (Å²) in [5.41, 5.74) is 2.33. The molecule has 0 saturated carbocycles. The number of hydrogen-bond donors (Lipinski definition) is 1. The molecule has 1 amide bonds. The molecule has 1 N–H and O–H groups in total. The van der Waals surface area contributed by atoms with Crippen molar-refractivity contribution in [2.45, 2.75) is 30.7 Å². The molecule has 2 aromatic heterocycles. The molecule has 4 rings (SSSR count). The summed E-state index contributed by atoms with van der Waals surface area (Å²) in [5, 5.41) is 7.74. The minimum absolute atomic E-state index is 0.139. The van der Waals surface area contributed by atoms with Crippen LogP contribution in [-0.2, 0) is 24.2 Å². The number of hydrogen-bond acceptors (Lipinski definition) is 6. The van der Waals surface area contributed by atoms with Crippen LogP contribution in [0.1, 0.15) is 17.0 Å². The van der Waals surface area contributed by atoms with Crippen molar-refractivity contribution < 1.29 is 4.79 Å². The maximum absolute atomic E-state index is 12.3. The first-order valence-electron chi connectivity index (χ1n) is 8.63. The van der Waals surface area contributed by atoms with Gasteiger partial charge in [-0.1, -0.05) is 12.1 Å². The Balaban J connectivity index is 1.50. The van der Waals surface area contributed by atoms with Crippen LogP contribution in [0.2, 0.25) is 0 Å². The van der Waals surface area contributed by atoms with Crippen LogP contribution in [0.4, 0.5) is 5.13 Å². The molecule has 8 heteroatoms. The number of anilines is 1. The Morgan fingerprint density at radius 2 is 2.04 bits per heavy atom. The van der Waals surface area contributed by atoms with Gasteiger partial charge in [-0.2, -0.15) is 5.10 Å². The molecule has 1 aliphatic carbocycles. The minimum atomic E-state index is -0.309. The molecule has 0 spiro atoms. The topological polar surface area (TPSA) is 76.9 Å². The Bertz CT molecular complexity index is 1020. The number of thioether (sulfide) groups is 1. The van der Waals surface area contributed by atoms with Crippen LogP contribution in [0, 0.1) is 0 Å². The van der Waals surface area contributed by atoms with E-state index >= 15 is 0 Å². The summed E-state index contributed by atoms with van der Waals surface area (Å²) in [7, 11) is 0. The third-order valence-corrected chi connectivity index (χ3v) is 6.20. The van der Waals surface area contributed by atoms with Gasteiger partial charge >= 0.3 is 0 Å². The third kappa shape index (κ3) is 3.96. The Morgan fingerprint density at radius 1 is 1.22 bits per heavy atom. The van der Waals surface area contributed by atoms with Crippen LogP contribution in [0.15, 0.2) is 46.1 Å². The Hall–Kier alpha value is -2.45. The monoisotopic (exact) mass is 398 g/mol. The quantitative estimate of drug-likeness (QED) is 0.668. The predicted octanol–water partition coefficient (Wildman–Crippen LogP) is 3.22. The van der Waals surface area contributed by atoms with Gasteiger partial charge in [-0.25, -0.2) is 9.67 Å². The van der Waals surface area contributed by atoms with E-state index in [-0.39, 0.29) is 18.0 Å². The van der Waals surface area contributed by atoms with E-state index in [4.69, 9.17) is 0 Å². The fourth-order valence-electron chi connectivity index (χ4n) is 3.02. The summed E-state index contributed by atoms with van der Waals surface area (Å²) in [6.07, 6.45) is 5.15. The lowest BCUT2D eigenvalue weighted by atomic mass is 10.1. The summed E-state index contributed by atoms with van der Waals surface area (Å²) in [4.78, 5) is 31.3. The molecule has 0 unspecified atom stereocenters. The van der Waals surface area contributed by atoms with Gasteiger partial charge in [0.1, 0.15) is 6.54 Å². The summed E-state index contributed by atoms with van der Waals surface area (Å²) in [6, 6.07) is 11.0. The highest BCUT2D eigenvalue weighted by molar-refractivity contribution is 7.98. The minimum Gasteiger partial charge on any atom is -0.300 e. The maximum atomic E-state index is 12.3. The van der Waals surface area contributed by atoms with Crippen LogP contribution in [-0.4, -0.2) is 26.9 Å². The van der Waals surface area contributed by atoms with Gasteiger partial charge in [0.05, 0.1) is 11.4 Å². The second-order valence-corrected chi connectivity index (χ2v) is 8.20. The molecule has 1 aliphatic rings. The highest BCUT2D eigenvalue weighted by Gasteiger charge is 2.18. The highest BCUT2D eigenvalue weighted by atomic mass is 32.2. The number of rotatable bonds is 5. The van der Waals surface area contributed by atoms with Gasteiger partial charge in [0.15, 0.2) is 5.13 Å². The molecule has 2 heterocycles. The van der Waals surface area contributed by atoms with E-state index in [1.165, 1.54) is 27.0 Å². The van der Waals surface area contributed by atoms with Gasteiger partial charge in [0.25, 0.3) is 5.56 Å². The summed E-state index contributed by atoms with van der Waals surface area (Å²) < 4.78 is 1.19. The van der Waals surface area contributed by atoms with Crippen molar-refractivity contribution in [1.82, 2.24) is 14.8 Å². The fourth-order valence-corrected chi connectivity index (χ4v) is 4.49. The zero-order valence-corrected chi connectivity index (χ0v) is 16.4. The van der Waals surface area contributed by atoms with Crippen LogP contribution < -0.4 is 10.9 Å². The average molecular weight is 399 g/mol. The molecular formula is C19H18N4O2S2. The van der Waals surface area contributed by atoms with Crippen molar-refractivity contribution in [1.29, 1.82) is 0 Å².